The van der Waals surface area contributed by atoms with Crippen molar-refractivity contribution in [2.45, 2.75) is 0 Å². The standard InChI is InChI=1S/C19H16FN5O3/c1-25(19(28)16-15(17(21)26)22-10-23-16)14-7-5-13(6-8-14)24-18(27)11-3-2-4-12(20)9-11/h2-10H,1H3,(H2,21,26)(H,22,23)(H,24,27). The van der Waals surface area contributed by atoms with Crippen LogP contribution in [0.4, 0.5) is 15.8 Å². The molecule has 0 atom stereocenters. The number of hydrogen-bond donors (Lipinski definition) is 3. The second kappa shape index (κ2) is 7.70. The van der Waals surface area contributed by atoms with Gasteiger partial charge >= 0.3 is 0 Å². The van der Waals surface area contributed by atoms with Crippen molar-refractivity contribution < 1.29 is 18.8 Å². The van der Waals surface area contributed by atoms with Crippen LogP contribution in [0.2, 0.25) is 0 Å². The van der Waals surface area contributed by atoms with Crippen molar-refractivity contribution in [2.75, 3.05) is 17.3 Å². The van der Waals surface area contributed by atoms with Gasteiger partial charge in [0.15, 0.2) is 5.69 Å². The molecule has 142 valence electrons. The monoisotopic (exact) mass is 381 g/mol. The second-order valence-electron chi connectivity index (χ2n) is 5.87. The third-order valence-electron chi connectivity index (χ3n) is 3.99. The molecule has 0 fully saturated rings. The molecule has 1 heterocycles. The number of hydrogen-bond acceptors (Lipinski definition) is 4. The van der Waals surface area contributed by atoms with Crippen molar-refractivity contribution in [3.8, 4) is 0 Å². The number of nitrogens with one attached hydrogen (secondary N) is 2. The summed E-state index contributed by atoms with van der Waals surface area (Å²) in [4.78, 5) is 43.7. The van der Waals surface area contributed by atoms with Crippen LogP contribution in [-0.4, -0.2) is 34.7 Å². The van der Waals surface area contributed by atoms with E-state index < -0.39 is 23.5 Å². The SMILES string of the molecule is CN(C(=O)c1[nH]cnc1C(N)=O)c1ccc(NC(=O)c2cccc(F)c2)cc1. The summed E-state index contributed by atoms with van der Waals surface area (Å²) in [5, 5.41) is 2.65. The number of imidazole rings is 1. The van der Waals surface area contributed by atoms with Gasteiger partial charge in [-0.15, -0.1) is 0 Å². The van der Waals surface area contributed by atoms with Crippen LogP contribution in [0.3, 0.4) is 0 Å². The number of anilines is 2. The number of rotatable bonds is 5. The number of aromatic nitrogens is 2. The minimum Gasteiger partial charge on any atom is -0.364 e. The van der Waals surface area contributed by atoms with E-state index in [0.29, 0.717) is 11.4 Å². The summed E-state index contributed by atoms with van der Waals surface area (Å²) in [7, 11) is 1.52. The predicted octanol–water partition coefficient (Wildman–Crippen LogP) is 2.18. The average Bonchev–Trinajstić information content (AvgIpc) is 3.17. The molecule has 0 spiro atoms. The lowest BCUT2D eigenvalue weighted by atomic mass is 10.2. The Kier molecular flexibility index (Phi) is 5.16. The number of halogens is 1. The molecule has 0 saturated heterocycles. The Hall–Kier alpha value is -4.01. The van der Waals surface area contributed by atoms with Gasteiger partial charge in [0.05, 0.1) is 6.33 Å². The van der Waals surface area contributed by atoms with Crippen molar-refractivity contribution in [1.82, 2.24) is 9.97 Å². The van der Waals surface area contributed by atoms with Crippen LogP contribution in [0.1, 0.15) is 31.3 Å². The van der Waals surface area contributed by atoms with Crippen molar-refractivity contribution in [2.24, 2.45) is 5.73 Å². The fourth-order valence-corrected chi connectivity index (χ4v) is 2.53. The molecule has 28 heavy (non-hydrogen) atoms. The number of primary amides is 1. The maximum Gasteiger partial charge on any atom is 0.276 e. The number of carbonyl (C=O) groups is 3. The Balaban J connectivity index is 1.73. The molecule has 3 aromatic rings. The highest BCUT2D eigenvalue weighted by Gasteiger charge is 2.22. The molecule has 9 heteroatoms. The zero-order valence-electron chi connectivity index (χ0n) is 14.8. The maximum absolute atomic E-state index is 13.2. The topological polar surface area (TPSA) is 121 Å². The summed E-state index contributed by atoms with van der Waals surface area (Å²) >= 11 is 0. The molecule has 3 rings (SSSR count). The molecule has 2 aromatic carbocycles. The van der Waals surface area contributed by atoms with Gasteiger partial charge in [0.2, 0.25) is 0 Å². The molecule has 0 aliphatic heterocycles. The van der Waals surface area contributed by atoms with Crippen LogP contribution < -0.4 is 16.0 Å². The first-order chi connectivity index (χ1) is 13.4. The molecule has 8 nitrogen and oxygen atoms in total. The number of aromatic amines is 1. The van der Waals surface area contributed by atoms with E-state index >= 15 is 0 Å². The van der Waals surface area contributed by atoms with Crippen molar-refractivity contribution in [3.05, 3.63) is 77.6 Å². The van der Waals surface area contributed by atoms with E-state index in [1.165, 1.54) is 36.5 Å². The summed E-state index contributed by atoms with van der Waals surface area (Å²) < 4.78 is 13.2. The molecule has 0 aliphatic rings. The van der Waals surface area contributed by atoms with Crippen LogP contribution in [0.5, 0.6) is 0 Å². The Morgan fingerprint density at radius 2 is 1.86 bits per heavy atom. The van der Waals surface area contributed by atoms with Crippen molar-refractivity contribution in [3.63, 3.8) is 0 Å². The molecular formula is C19H16FN5O3. The minimum absolute atomic E-state index is 0.0153. The third-order valence-corrected chi connectivity index (χ3v) is 3.99. The van der Waals surface area contributed by atoms with E-state index in [1.807, 2.05) is 0 Å². The fourth-order valence-electron chi connectivity index (χ4n) is 2.53. The second-order valence-corrected chi connectivity index (χ2v) is 5.87. The van der Waals surface area contributed by atoms with Gasteiger partial charge in [-0.3, -0.25) is 14.4 Å². The molecule has 0 saturated carbocycles. The maximum atomic E-state index is 13.2. The quantitative estimate of drug-likeness (QED) is 0.627. The molecular weight excluding hydrogens is 365 g/mol. The zero-order valence-corrected chi connectivity index (χ0v) is 14.8. The number of carbonyl (C=O) groups excluding carboxylic acids is 3. The van der Waals surface area contributed by atoms with E-state index in [9.17, 15) is 18.8 Å². The van der Waals surface area contributed by atoms with Crippen molar-refractivity contribution in [1.29, 1.82) is 0 Å². The predicted molar refractivity (Wildman–Crippen MR) is 101 cm³/mol. The molecule has 0 bridgehead atoms. The van der Waals surface area contributed by atoms with E-state index in [4.69, 9.17) is 5.73 Å². The number of amides is 3. The highest BCUT2D eigenvalue weighted by atomic mass is 19.1. The van der Waals surface area contributed by atoms with Crippen LogP contribution in [0.15, 0.2) is 54.9 Å². The van der Waals surface area contributed by atoms with Gasteiger partial charge < -0.3 is 20.9 Å². The summed E-state index contributed by atoms with van der Waals surface area (Å²) in [5.74, 6) is -2.27. The molecule has 0 unspecified atom stereocenters. The van der Waals surface area contributed by atoms with Gasteiger partial charge in [0, 0.05) is 24.0 Å². The Labute approximate surface area is 159 Å². The largest absolute Gasteiger partial charge is 0.364 e. The van der Waals surface area contributed by atoms with Crippen LogP contribution in [-0.2, 0) is 0 Å². The van der Waals surface area contributed by atoms with E-state index in [-0.39, 0.29) is 17.0 Å². The van der Waals surface area contributed by atoms with Crippen LogP contribution >= 0.6 is 0 Å². The lowest BCUT2D eigenvalue weighted by molar-refractivity contribution is 0.0958. The Bertz CT molecular complexity index is 1050. The van der Waals surface area contributed by atoms with E-state index in [0.717, 1.165) is 6.07 Å². The number of nitrogens with two attached hydrogens (primary N) is 1. The molecule has 1 aromatic heterocycles. The third kappa shape index (κ3) is 3.88. The van der Waals surface area contributed by atoms with E-state index in [1.54, 1.807) is 24.3 Å². The highest BCUT2D eigenvalue weighted by Crippen LogP contribution is 2.20. The van der Waals surface area contributed by atoms with Gasteiger partial charge in [-0.1, -0.05) is 6.07 Å². The summed E-state index contributed by atoms with van der Waals surface area (Å²) in [6.45, 7) is 0. The van der Waals surface area contributed by atoms with Crippen LogP contribution in [0.25, 0.3) is 0 Å². The summed E-state index contributed by atoms with van der Waals surface area (Å²) in [6.07, 6.45) is 1.21. The first-order valence-electron chi connectivity index (χ1n) is 8.15. The fraction of sp³-hybridized carbons (Fsp3) is 0.0526. The first-order valence-corrected chi connectivity index (χ1v) is 8.15. The molecule has 4 N–H and O–H groups in total. The highest BCUT2D eigenvalue weighted by molar-refractivity contribution is 6.11. The zero-order chi connectivity index (χ0) is 20.3. The molecule has 0 radical (unpaired) electrons. The Morgan fingerprint density at radius 3 is 2.50 bits per heavy atom. The number of nitrogens with zero attached hydrogens (tertiary/aromatic N) is 2. The minimum atomic E-state index is -0.812. The van der Waals surface area contributed by atoms with Gasteiger partial charge in [-0.2, -0.15) is 0 Å². The van der Waals surface area contributed by atoms with Crippen molar-refractivity contribution >= 4 is 29.1 Å². The van der Waals surface area contributed by atoms with Gasteiger partial charge in [0.1, 0.15) is 11.5 Å². The number of H-pyrrole nitrogens is 1. The summed E-state index contributed by atoms with van der Waals surface area (Å²) in [5.41, 5.74) is 6.22. The lowest BCUT2D eigenvalue weighted by Gasteiger charge is -2.17. The van der Waals surface area contributed by atoms with Gasteiger partial charge in [-0.05, 0) is 42.5 Å². The lowest BCUT2D eigenvalue weighted by Crippen LogP contribution is -2.29. The van der Waals surface area contributed by atoms with Gasteiger partial charge in [-0.25, -0.2) is 9.37 Å². The number of benzene rings is 2. The molecule has 0 aliphatic carbocycles. The first kappa shape index (κ1) is 18.8. The Morgan fingerprint density at radius 1 is 1.14 bits per heavy atom. The average molecular weight is 381 g/mol. The summed E-state index contributed by atoms with van der Waals surface area (Å²) in [6, 6.07) is 11.7. The molecule has 3 amide bonds. The van der Waals surface area contributed by atoms with E-state index in [2.05, 4.69) is 15.3 Å². The smallest absolute Gasteiger partial charge is 0.276 e. The van der Waals surface area contributed by atoms with Crippen LogP contribution in [0, 0.1) is 5.82 Å². The normalized spacial score (nSPS) is 10.4. The van der Waals surface area contributed by atoms with Gasteiger partial charge in [0.25, 0.3) is 17.7 Å².